The fraction of sp³-hybridized carbons (Fsp3) is 0.429. The van der Waals surface area contributed by atoms with Gasteiger partial charge in [0.25, 0.3) is 0 Å². The molecule has 0 spiro atoms. The van der Waals surface area contributed by atoms with E-state index in [1.54, 1.807) is 7.11 Å². The number of benzene rings is 1. The van der Waals surface area contributed by atoms with E-state index in [0.29, 0.717) is 5.13 Å². The fourth-order valence-corrected chi connectivity index (χ4v) is 3.49. The minimum absolute atomic E-state index is 0. The van der Waals surface area contributed by atoms with Crippen molar-refractivity contribution >= 4 is 45.0 Å². The molecule has 0 bridgehead atoms. The SMILES string of the molecule is COc1ccc2nc(NC(=O)C3CCCC3N)sc2c1.Cl. The maximum Gasteiger partial charge on any atom is 0.230 e. The van der Waals surface area contributed by atoms with Crippen LogP contribution in [-0.4, -0.2) is 24.0 Å². The molecule has 1 fully saturated rings. The molecule has 7 heteroatoms. The summed E-state index contributed by atoms with van der Waals surface area (Å²) in [4.78, 5) is 16.6. The van der Waals surface area contributed by atoms with E-state index in [4.69, 9.17) is 10.5 Å². The van der Waals surface area contributed by atoms with E-state index < -0.39 is 0 Å². The van der Waals surface area contributed by atoms with Crippen LogP contribution in [0.15, 0.2) is 18.2 Å². The van der Waals surface area contributed by atoms with Crippen LogP contribution in [0.2, 0.25) is 0 Å². The molecule has 1 heterocycles. The highest BCUT2D eigenvalue weighted by molar-refractivity contribution is 7.22. The lowest BCUT2D eigenvalue weighted by Gasteiger charge is -2.13. The van der Waals surface area contributed by atoms with E-state index in [9.17, 15) is 4.79 Å². The molecule has 1 aromatic carbocycles. The number of carbonyl (C=O) groups excluding carboxylic acids is 1. The Hall–Kier alpha value is -1.37. The summed E-state index contributed by atoms with van der Waals surface area (Å²) in [5.41, 5.74) is 6.81. The summed E-state index contributed by atoms with van der Waals surface area (Å²) in [7, 11) is 1.63. The maximum atomic E-state index is 12.2. The number of nitrogens with two attached hydrogens (primary N) is 1. The molecule has 0 radical (unpaired) electrons. The van der Waals surface area contributed by atoms with Crippen LogP contribution in [0.25, 0.3) is 10.2 Å². The zero-order valence-corrected chi connectivity index (χ0v) is 13.3. The third kappa shape index (κ3) is 3.28. The van der Waals surface area contributed by atoms with Crippen LogP contribution in [-0.2, 0) is 4.79 Å². The predicted octanol–water partition coefficient (Wildman–Crippen LogP) is 2.79. The van der Waals surface area contributed by atoms with Crippen LogP contribution in [0, 0.1) is 5.92 Å². The second-order valence-electron chi connectivity index (χ2n) is 5.04. The average molecular weight is 328 g/mol. The Kier molecular flexibility index (Phi) is 5.03. The molecule has 2 unspecified atom stereocenters. The molecule has 21 heavy (non-hydrogen) atoms. The molecular formula is C14H18ClN3O2S. The topological polar surface area (TPSA) is 77.2 Å². The van der Waals surface area contributed by atoms with E-state index >= 15 is 0 Å². The van der Waals surface area contributed by atoms with Crippen molar-refractivity contribution in [1.29, 1.82) is 0 Å². The van der Waals surface area contributed by atoms with Gasteiger partial charge in [-0.2, -0.15) is 0 Å². The summed E-state index contributed by atoms with van der Waals surface area (Å²) in [6, 6.07) is 5.65. The van der Waals surface area contributed by atoms with Crippen molar-refractivity contribution < 1.29 is 9.53 Å². The quantitative estimate of drug-likeness (QED) is 0.908. The maximum absolute atomic E-state index is 12.2. The molecule has 1 aliphatic carbocycles. The van der Waals surface area contributed by atoms with Gasteiger partial charge in [-0.05, 0) is 31.0 Å². The summed E-state index contributed by atoms with van der Waals surface area (Å²) in [5.74, 6) is 0.689. The first kappa shape index (κ1) is 16.0. The predicted molar refractivity (Wildman–Crippen MR) is 87.4 cm³/mol. The normalized spacial score (nSPS) is 21.0. The molecule has 1 aromatic heterocycles. The van der Waals surface area contributed by atoms with Gasteiger partial charge in [0.05, 0.1) is 23.2 Å². The van der Waals surface area contributed by atoms with Crippen LogP contribution in [0.1, 0.15) is 19.3 Å². The van der Waals surface area contributed by atoms with Gasteiger partial charge in [-0.15, -0.1) is 12.4 Å². The third-order valence-corrected chi connectivity index (χ3v) is 4.67. The first-order valence-electron chi connectivity index (χ1n) is 6.68. The van der Waals surface area contributed by atoms with Crippen molar-refractivity contribution in [3.8, 4) is 5.75 Å². The molecule has 0 aliphatic heterocycles. The van der Waals surface area contributed by atoms with Gasteiger partial charge in [0.1, 0.15) is 5.75 Å². The number of halogens is 1. The summed E-state index contributed by atoms with van der Waals surface area (Å²) >= 11 is 1.45. The second kappa shape index (κ2) is 6.60. The average Bonchev–Trinajstić information content (AvgIpc) is 3.03. The lowest BCUT2D eigenvalue weighted by Crippen LogP contribution is -2.34. The molecule has 1 saturated carbocycles. The Balaban J connectivity index is 0.00000161. The van der Waals surface area contributed by atoms with E-state index in [0.717, 1.165) is 35.2 Å². The molecule has 2 aromatic rings. The minimum Gasteiger partial charge on any atom is -0.497 e. The number of thiazole rings is 1. The summed E-state index contributed by atoms with van der Waals surface area (Å²) in [5, 5.41) is 3.51. The van der Waals surface area contributed by atoms with E-state index in [2.05, 4.69) is 10.3 Å². The minimum atomic E-state index is -0.0865. The second-order valence-corrected chi connectivity index (χ2v) is 6.07. The molecule has 1 aliphatic rings. The van der Waals surface area contributed by atoms with Gasteiger partial charge in [0.15, 0.2) is 5.13 Å². The number of anilines is 1. The number of hydrogen-bond acceptors (Lipinski definition) is 5. The fourth-order valence-electron chi connectivity index (χ4n) is 2.60. The highest BCUT2D eigenvalue weighted by Gasteiger charge is 2.30. The Morgan fingerprint density at radius 2 is 2.29 bits per heavy atom. The molecule has 3 N–H and O–H groups in total. The standard InChI is InChI=1S/C14H17N3O2S.ClH/c1-19-8-5-6-11-12(7-8)20-14(16-11)17-13(18)9-3-2-4-10(9)15;/h5-7,9-10H,2-4,15H2,1H3,(H,16,17,18);1H. The number of carbonyl (C=O) groups is 1. The van der Waals surface area contributed by atoms with Crippen molar-refractivity contribution in [2.75, 3.05) is 12.4 Å². The van der Waals surface area contributed by atoms with Crippen molar-refractivity contribution in [3.63, 3.8) is 0 Å². The van der Waals surface area contributed by atoms with Gasteiger partial charge >= 0.3 is 0 Å². The highest BCUT2D eigenvalue weighted by atomic mass is 35.5. The molecule has 1 amide bonds. The number of ether oxygens (including phenoxy) is 1. The number of nitrogens with one attached hydrogen (secondary N) is 1. The number of aromatic nitrogens is 1. The molecule has 0 saturated heterocycles. The van der Waals surface area contributed by atoms with Crippen molar-refractivity contribution in [3.05, 3.63) is 18.2 Å². The number of amides is 1. The summed E-state index contributed by atoms with van der Waals surface area (Å²) in [6.07, 6.45) is 2.82. The number of fused-ring (bicyclic) bond motifs is 1. The van der Waals surface area contributed by atoms with Gasteiger partial charge in [0.2, 0.25) is 5.91 Å². The van der Waals surface area contributed by atoms with Gasteiger partial charge in [-0.1, -0.05) is 17.8 Å². The van der Waals surface area contributed by atoms with Crippen molar-refractivity contribution in [2.45, 2.75) is 25.3 Å². The molecule has 114 valence electrons. The monoisotopic (exact) mass is 327 g/mol. The van der Waals surface area contributed by atoms with Gasteiger partial charge in [-0.25, -0.2) is 4.98 Å². The zero-order chi connectivity index (χ0) is 14.1. The first-order valence-corrected chi connectivity index (χ1v) is 7.50. The molecule has 5 nitrogen and oxygen atoms in total. The van der Waals surface area contributed by atoms with Crippen LogP contribution < -0.4 is 15.8 Å². The van der Waals surface area contributed by atoms with Gasteiger partial charge in [0, 0.05) is 6.04 Å². The highest BCUT2D eigenvalue weighted by Crippen LogP contribution is 2.31. The van der Waals surface area contributed by atoms with E-state index in [-0.39, 0.29) is 30.3 Å². The summed E-state index contributed by atoms with van der Waals surface area (Å²) in [6.45, 7) is 0. The Bertz CT molecular complexity index is 646. The first-order chi connectivity index (χ1) is 9.67. The molecular weight excluding hydrogens is 310 g/mol. The van der Waals surface area contributed by atoms with Gasteiger partial charge < -0.3 is 15.8 Å². The Morgan fingerprint density at radius 1 is 1.48 bits per heavy atom. The van der Waals surface area contributed by atoms with Crippen molar-refractivity contribution in [1.82, 2.24) is 4.98 Å². The van der Waals surface area contributed by atoms with E-state index in [1.165, 1.54) is 11.3 Å². The lowest BCUT2D eigenvalue weighted by atomic mass is 10.0. The van der Waals surface area contributed by atoms with E-state index in [1.807, 2.05) is 18.2 Å². The zero-order valence-electron chi connectivity index (χ0n) is 11.7. The van der Waals surface area contributed by atoms with Crippen LogP contribution in [0.4, 0.5) is 5.13 Å². The number of methoxy groups -OCH3 is 1. The van der Waals surface area contributed by atoms with Crippen LogP contribution in [0.5, 0.6) is 5.75 Å². The number of nitrogens with zero attached hydrogens (tertiary/aromatic N) is 1. The van der Waals surface area contributed by atoms with Crippen molar-refractivity contribution in [2.24, 2.45) is 11.7 Å². The van der Waals surface area contributed by atoms with Crippen LogP contribution in [0.3, 0.4) is 0 Å². The number of hydrogen-bond donors (Lipinski definition) is 2. The Labute approximate surface area is 133 Å². The summed E-state index contributed by atoms with van der Waals surface area (Å²) < 4.78 is 6.18. The third-order valence-electron chi connectivity index (χ3n) is 3.73. The number of rotatable bonds is 3. The molecule has 3 rings (SSSR count). The largest absolute Gasteiger partial charge is 0.497 e. The Morgan fingerprint density at radius 3 is 2.95 bits per heavy atom. The smallest absolute Gasteiger partial charge is 0.230 e. The van der Waals surface area contributed by atoms with Crippen LogP contribution >= 0.6 is 23.7 Å². The van der Waals surface area contributed by atoms with Gasteiger partial charge in [-0.3, -0.25) is 4.79 Å². The lowest BCUT2D eigenvalue weighted by molar-refractivity contribution is -0.120. The molecule has 2 atom stereocenters.